The molecule has 3 aromatic heterocycles. The van der Waals surface area contributed by atoms with Gasteiger partial charge < -0.3 is 14.5 Å². The standard InChI is InChI=1S/C29H30F2N6O3/c1-17-8-10-36(26(12-17)29(38)39)28-22(31)15-32-27(33-28)24-14-25(23-9-11-40-35-23)37(34-24)16-20-7-6-19(13-21(20)30)18-4-2-3-5-18/h6-7,9,11,13-15,17-18,26H,2-5,8,10,12,16H2,1H3,(H,38,39)/t17-,26+/m0/s1. The van der Waals surface area contributed by atoms with Gasteiger partial charge in [0.1, 0.15) is 29.5 Å². The second-order valence-electron chi connectivity index (χ2n) is 10.8. The van der Waals surface area contributed by atoms with Gasteiger partial charge in [0, 0.05) is 18.2 Å². The Hall–Kier alpha value is -4.15. The van der Waals surface area contributed by atoms with Gasteiger partial charge in [0.2, 0.25) is 0 Å². The van der Waals surface area contributed by atoms with E-state index >= 15 is 4.39 Å². The molecule has 0 amide bonds. The number of hydrogen-bond acceptors (Lipinski definition) is 7. The van der Waals surface area contributed by atoms with E-state index < -0.39 is 17.8 Å². The molecular weight excluding hydrogens is 518 g/mol. The average Bonchev–Trinajstić information content (AvgIpc) is 3.72. The van der Waals surface area contributed by atoms with Gasteiger partial charge >= 0.3 is 5.97 Å². The molecule has 2 atom stereocenters. The molecule has 0 unspecified atom stereocenters. The molecule has 40 heavy (non-hydrogen) atoms. The van der Waals surface area contributed by atoms with Crippen LogP contribution < -0.4 is 4.90 Å². The van der Waals surface area contributed by atoms with Gasteiger partial charge in [-0.2, -0.15) is 5.10 Å². The van der Waals surface area contributed by atoms with Crippen LogP contribution in [0.1, 0.15) is 62.5 Å². The van der Waals surface area contributed by atoms with E-state index in [9.17, 15) is 14.3 Å². The van der Waals surface area contributed by atoms with E-state index in [1.165, 1.54) is 24.0 Å². The maximum Gasteiger partial charge on any atom is 0.326 e. The third-order valence-corrected chi connectivity index (χ3v) is 8.08. The first-order valence-corrected chi connectivity index (χ1v) is 13.7. The number of hydrogen-bond donors (Lipinski definition) is 1. The molecule has 11 heteroatoms. The van der Waals surface area contributed by atoms with Crippen molar-refractivity contribution in [1.29, 1.82) is 0 Å². The highest BCUT2D eigenvalue weighted by atomic mass is 19.1. The second kappa shape index (κ2) is 10.8. The number of benzene rings is 1. The van der Waals surface area contributed by atoms with Crippen LogP contribution in [0.2, 0.25) is 0 Å². The first kappa shape index (κ1) is 26.1. The molecular formula is C29H30F2N6O3. The molecule has 9 nitrogen and oxygen atoms in total. The Labute approximate surface area is 229 Å². The Morgan fingerprint density at radius 1 is 1.10 bits per heavy atom. The van der Waals surface area contributed by atoms with Crippen molar-refractivity contribution < 1.29 is 23.2 Å². The zero-order valence-corrected chi connectivity index (χ0v) is 22.1. The number of aliphatic carboxylic acids is 1. The number of aromatic nitrogens is 5. The SMILES string of the molecule is C[C@H]1CCN(c2nc(-c3cc(-c4ccon4)n(Cc4ccc(C5CCCC5)cc4F)n3)ncc2F)[C@@H](C(=O)O)C1. The van der Waals surface area contributed by atoms with E-state index in [2.05, 4.69) is 20.2 Å². The topological polar surface area (TPSA) is 110 Å². The summed E-state index contributed by atoms with van der Waals surface area (Å²) in [6.45, 7) is 2.47. The molecule has 1 saturated carbocycles. The Bertz CT molecular complexity index is 1520. The monoisotopic (exact) mass is 548 g/mol. The maximum atomic E-state index is 15.2. The van der Waals surface area contributed by atoms with Gasteiger partial charge in [0.05, 0.1) is 18.4 Å². The van der Waals surface area contributed by atoms with Gasteiger partial charge in [-0.25, -0.2) is 23.5 Å². The highest BCUT2D eigenvalue weighted by Gasteiger charge is 2.34. The normalized spacial score (nSPS) is 19.8. The number of nitrogens with zero attached hydrogens (tertiary/aromatic N) is 6. The number of carboxylic acid groups (broad SMARTS) is 1. The van der Waals surface area contributed by atoms with Crippen molar-refractivity contribution in [2.45, 2.75) is 64.0 Å². The van der Waals surface area contributed by atoms with E-state index in [0.717, 1.165) is 31.0 Å². The van der Waals surface area contributed by atoms with Crippen LogP contribution in [0.4, 0.5) is 14.6 Å². The molecule has 1 saturated heterocycles. The summed E-state index contributed by atoms with van der Waals surface area (Å²) in [5.41, 5.74) is 2.84. The van der Waals surface area contributed by atoms with Crippen LogP contribution in [0.25, 0.3) is 22.9 Å². The van der Waals surface area contributed by atoms with Crippen LogP contribution in [0, 0.1) is 17.6 Å². The molecule has 0 bridgehead atoms. The lowest BCUT2D eigenvalue weighted by Gasteiger charge is -2.36. The summed E-state index contributed by atoms with van der Waals surface area (Å²) in [5, 5.41) is 18.4. The zero-order valence-electron chi connectivity index (χ0n) is 22.1. The van der Waals surface area contributed by atoms with Crippen molar-refractivity contribution in [3.05, 3.63) is 65.6 Å². The second-order valence-corrected chi connectivity index (χ2v) is 10.8. The van der Waals surface area contributed by atoms with Crippen molar-refractivity contribution in [3.8, 4) is 22.9 Å². The Morgan fingerprint density at radius 2 is 1.93 bits per heavy atom. The molecule has 2 aliphatic rings. The molecule has 4 aromatic rings. The molecule has 1 aromatic carbocycles. The molecule has 1 N–H and O–H groups in total. The van der Waals surface area contributed by atoms with Gasteiger partial charge in [-0.05, 0) is 55.2 Å². The molecule has 0 radical (unpaired) electrons. The molecule has 1 aliphatic heterocycles. The minimum Gasteiger partial charge on any atom is -0.480 e. The van der Waals surface area contributed by atoms with Gasteiger partial charge in [-0.15, -0.1) is 0 Å². The van der Waals surface area contributed by atoms with Crippen LogP contribution in [-0.4, -0.2) is 48.6 Å². The van der Waals surface area contributed by atoms with E-state index in [-0.39, 0.29) is 29.9 Å². The number of carbonyl (C=O) groups is 1. The number of halogens is 2. The van der Waals surface area contributed by atoms with Crippen molar-refractivity contribution in [3.63, 3.8) is 0 Å². The van der Waals surface area contributed by atoms with Crippen LogP contribution in [0.5, 0.6) is 0 Å². The Balaban J connectivity index is 1.35. The minimum atomic E-state index is -1.02. The lowest BCUT2D eigenvalue weighted by atomic mass is 9.92. The summed E-state index contributed by atoms with van der Waals surface area (Å²) in [4.78, 5) is 22.0. The third-order valence-electron chi connectivity index (χ3n) is 8.08. The Kier molecular flexibility index (Phi) is 7.03. The van der Waals surface area contributed by atoms with Gasteiger partial charge in [-0.3, -0.25) is 4.68 Å². The third kappa shape index (κ3) is 5.07. The molecule has 0 spiro atoms. The highest BCUT2D eigenvalue weighted by molar-refractivity contribution is 5.78. The number of carboxylic acids is 1. The average molecular weight is 549 g/mol. The molecule has 6 rings (SSSR count). The molecule has 4 heterocycles. The fourth-order valence-corrected chi connectivity index (χ4v) is 5.88. The number of piperidine rings is 1. The minimum absolute atomic E-state index is 0.0737. The van der Waals surface area contributed by atoms with Gasteiger partial charge in [-0.1, -0.05) is 37.1 Å². The largest absolute Gasteiger partial charge is 0.480 e. The zero-order chi connectivity index (χ0) is 27.8. The summed E-state index contributed by atoms with van der Waals surface area (Å²) in [5.74, 6) is -1.37. The smallest absolute Gasteiger partial charge is 0.326 e. The van der Waals surface area contributed by atoms with Crippen LogP contribution >= 0.6 is 0 Å². The fourth-order valence-electron chi connectivity index (χ4n) is 5.88. The molecule has 208 valence electrons. The summed E-state index contributed by atoms with van der Waals surface area (Å²) in [6, 6.07) is 7.88. The quantitative estimate of drug-likeness (QED) is 0.315. The van der Waals surface area contributed by atoms with Crippen molar-refractivity contribution in [2.75, 3.05) is 11.4 Å². The summed E-state index contributed by atoms with van der Waals surface area (Å²) in [6.07, 6.45) is 8.09. The first-order valence-electron chi connectivity index (χ1n) is 13.7. The fraction of sp³-hybridized carbons (Fsp3) is 0.414. The summed E-state index contributed by atoms with van der Waals surface area (Å²) in [7, 11) is 0. The van der Waals surface area contributed by atoms with Crippen molar-refractivity contribution in [1.82, 2.24) is 24.9 Å². The summed E-state index contributed by atoms with van der Waals surface area (Å²) < 4.78 is 36.8. The lowest BCUT2D eigenvalue weighted by Crippen LogP contribution is -2.47. The number of anilines is 1. The predicted molar refractivity (Wildman–Crippen MR) is 143 cm³/mol. The van der Waals surface area contributed by atoms with Gasteiger partial charge in [0.15, 0.2) is 17.5 Å². The summed E-state index contributed by atoms with van der Waals surface area (Å²) >= 11 is 0. The van der Waals surface area contributed by atoms with Crippen LogP contribution in [0.15, 0.2) is 47.3 Å². The maximum absolute atomic E-state index is 15.2. The van der Waals surface area contributed by atoms with E-state index in [0.29, 0.717) is 41.5 Å². The Morgan fingerprint density at radius 3 is 2.65 bits per heavy atom. The number of rotatable bonds is 7. The van der Waals surface area contributed by atoms with Crippen molar-refractivity contribution >= 4 is 11.8 Å². The highest BCUT2D eigenvalue weighted by Crippen LogP contribution is 2.35. The molecule has 2 fully saturated rings. The first-order chi connectivity index (χ1) is 19.4. The van der Waals surface area contributed by atoms with Gasteiger partial charge in [0.25, 0.3) is 0 Å². The van der Waals surface area contributed by atoms with E-state index in [1.807, 2.05) is 13.0 Å². The van der Waals surface area contributed by atoms with Crippen LogP contribution in [0.3, 0.4) is 0 Å². The molecule has 1 aliphatic carbocycles. The lowest BCUT2D eigenvalue weighted by molar-refractivity contribution is -0.139. The van der Waals surface area contributed by atoms with E-state index in [1.54, 1.807) is 28.9 Å². The van der Waals surface area contributed by atoms with E-state index in [4.69, 9.17) is 4.52 Å². The van der Waals surface area contributed by atoms with Crippen molar-refractivity contribution in [2.24, 2.45) is 5.92 Å². The van der Waals surface area contributed by atoms with Crippen LogP contribution in [-0.2, 0) is 11.3 Å². The predicted octanol–water partition coefficient (Wildman–Crippen LogP) is 5.67.